The van der Waals surface area contributed by atoms with Gasteiger partial charge in [-0.05, 0) is 37.1 Å². The maximum atomic E-state index is 12.5. The lowest BCUT2D eigenvalue weighted by atomic mass is 10.1. The van der Waals surface area contributed by atoms with Gasteiger partial charge in [0.25, 0.3) is 0 Å². The molecule has 4 N–H and O–H groups in total. The second kappa shape index (κ2) is 16.1. The number of anilines is 1. The molecule has 39 heavy (non-hydrogen) atoms. The number of aliphatic hydroxyl groups is 1. The maximum absolute atomic E-state index is 12.5. The summed E-state index contributed by atoms with van der Waals surface area (Å²) in [5.74, 6) is -1.22. The van der Waals surface area contributed by atoms with Gasteiger partial charge in [0.15, 0.2) is 11.5 Å². The molecule has 212 valence electrons. The van der Waals surface area contributed by atoms with Crippen LogP contribution in [0.5, 0.6) is 11.5 Å². The van der Waals surface area contributed by atoms with Crippen LogP contribution in [0.3, 0.4) is 0 Å². The van der Waals surface area contributed by atoms with E-state index in [1.165, 1.54) is 0 Å². The lowest BCUT2D eigenvalue weighted by Crippen LogP contribution is -2.50. The largest absolute Gasteiger partial charge is 0.493 e. The molecule has 2 aromatic carbocycles. The Bertz CT molecular complexity index is 1090. The number of piperazine rings is 1. The summed E-state index contributed by atoms with van der Waals surface area (Å²) in [5, 5.41) is 29.0. The van der Waals surface area contributed by atoms with Gasteiger partial charge in [-0.1, -0.05) is 30.3 Å². The molecule has 0 aliphatic carbocycles. The number of hydrogen-bond donors (Lipinski definition) is 4. The minimum absolute atomic E-state index is 0.0103. The van der Waals surface area contributed by atoms with Crippen LogP contribution in [0.4, 0.5) is 5.69 Å². The number of hydrogen-bond acceptors (Lipinski definition) is 8. The number of rotatable bonds is 11. The SMILES string of the molecule is COc1ccccc1OCC(O)CN1CCN(CC(=O)Nc2c(C)cccc2C)CC1.O=C(O)/C=C\C(=O)O. The fourth-order valence-electron chi connectivity index (χ4n) is 3.94. The third-order valence-corrected chi connectivity index (χ3v) is 5.92. The summed E-state index contributed by atoms with van der Waals surface area (Å²) in [5.41, 5.74) is 3.05. The first-order valence-electron chi connectivity index (χ1n) is 12.5. The number of aliphatic carboxylic acids is 2. The summed E-state index contributed by atoms with van der Waals surface area (Å²) in [6.07, 6.45) is 0.522. The van der Waals surface area contributed by atoms with Crippen LogP contribution >= 0.6 is 0 Å². The van der Waals surface area contributed by atoms with Gasteiger partial charge in [0.2, 0.25) is 5.91 Å². The second-order valence-corrected chi connectivity index (χ2v) is 9.02. The number of nitrogens with zero attached hydrogens (tertiary/aromatic N) is 2. The number of β-amino-alcohol motifs (C(OH)–C–C–N with tert-alkyl or cyclic N) is 1. The molecule has 11 nitrogen and oxygen atoms in total. The van der Waals surface area contributed by atoms with Gasteiger partial charge < -0.3 is 30.1 Å². The molecule has 0 aromatic heterocycles. The van der Waals surface area contributed by atoms with Crippen molar-refractivity contribution in [2.45, 2.75) is 20.0 Å². The first kappa shape index (κ1) is 31.3. The zero-order valence-corrected chi connectivity index (χ0v) is 22.5. The van der Waals surface area contributed by atoms with Crippen molar-refractivity contribution in [2.24, 2.45) is 0 Å². The normalized spacial score (nSPS) is 14.7. The number of ether oxygens (including phenoxy) is 2. The van der Waals surface area contributed by atoms with Crippen LogP contribution in [0.1, 0.15) is 11.1 Å². The van der Waals surface area contributed by atoms with Gasteiger partial charge >= 0.3 is 11.9 Å². The molecule has 0 saturated carbocycles. The van der Waals surface area contributed by atoms with E-state index >= 15 is 0 Å². The van der Waals surface area contributed by atoms with Gasteiger partial charge in [-0.15, -0.1) is 0 Å². The summed E-state index contributed by atoms with van der Waals surface area (Å²) in [6.45, 7) is 8.33. The number of nitrogens with one attached hydrogen (secondary N) is 1. The minimum Gasteiger partial charge on any atom is -0.493 e. The van der Waals surface area contributed by atoms with Gasteiger partial charge in [0.05, 0.1) is 13.7 Å². The van der Waals surface area contributed by atoms with Crippen molar-refractivity contribution in [1.29, 1.82) is 0 Å². The number of carboxylic acids is 2. The Hall–Kier alpha value is -3.93. The zero-order chi connectivity index (χ0) is 28.8. The van der Waals surface area contributed by atoms with Crippen LogP contribution in [0, 0.1) is 13.8 Å². The number of aryl methyl sites for hydroxylation is 2. The second-order valence-electron chi connectivity index (χ2n) is 9.02. The van der Waals surface area contributed by atoms with E-state index in [0.717, 1.165) is 43.0 Å². The number of carboxylic acid groups (broad SMARTS) is 2. The number of para-hydroxylation sites is 3. The predicted molar refractivity (Wildman–Crippen MR) is 146 cm³/mol. The van der Waals surface area contributed by atoms with Gasteiger partial charge in [0, 0.05) is 50.6 Å². The van der Waals surface area contributed by atoms with Crippen molar-refractivity contribution >= 4 is 23.5 Å². The topological polar surface area (TPSA) is 149 Å². The van der Waals surface area contributed by atoms with Gasteiger partial charge in [0.1, 0.15) is 12.7 Å². The van der Waals surface area contributed by atoms with Crippen molar-refractivity contribution in [3.8, 4) is 11.5 Å². The number of aliphatic hydroxyl groups excluding tert-OH is 1. The molecular formula is C28H37N3O8. The highest BCUT2D eigenvalue weighted by atomic mass is 16.5. The van der Waals surface area contributed by atoms with E-state index in [1.54, 1.807) is 7.11 Å². The third kappa shape index (κ3) is 11.6. The molecule has 3 rings (SSSR count). The van der Waals surface area contributed by atoms with Crippen LogP contribution in [0.2, 0.25) is 0 Å². The Morgan fingerprint density at radius 3 is 1.97 bits per heavy atom. The molecule has 1 heterocycles. The molecule has 1 unspecified atom stereocenters. The van der Waals surface area contributed by atoms with E-state index in [-0.39, 0.29) is 12.5 Å². The molecule has 0 bridgehead atoms. The number of methoxy groups -OCH3 is 1. The van der Waals surface area contributed by atoms with Crippen LogP contribution in [0.25, 0.3) is 0 Å². The van der Waals surface area contributed by atoms with E-state index in [4.69, 9.17) is 19.7 Å². The molecule has 1 saturated heterocycles. The monoisotopic (exact) mass is 543 g/mol. The van der Waals surface area contributed by atoms with Crippen LogP contribution in [-0.4, -0.2) is 102 Å². The summed E-state index contributed by atoms with van der Waals surface area (Å²) in [4.78, 5) is 35.9. The smallest absolute Gasteiger partial charge is 0.328 e. The van der Waals surface area contributed by atoms with Crippen LogP contribution < -0.4 is 14.8 Å². The average molecular weight is 544 g/mol. The Labute approximate surface area is 228 Å². The molecule has 0 spiro atoms. The standard InChI is InChI=1S/C24H33N3O4.C4H4O4/c1-18-7-6-8-19(2)24(18)25-23(29)16-27-13-11-26(12-14-27)15-20(28)17-31-22-10-5-4-9-21(22)30-3;5-3(6)1-2-4(7)8/h4-10,20,28H,11-17H2,1-3H3,(H,25,29);1-2H,(H,5,6)(H,7,8)/b;2-1-. The highest BCUT2D eigenvalue weighted by Crippen LogP contribution is 2.25. The zero-order valence-electron chi connectivity index (χ0n) is 22.5. The minimum atomic E-state index is -1.26. The van der Waals surface area contributed by atoms with Gasteiger partial charge in [-0.3, -0.25) is 14.6 Å². The summed E-state index contributed by atoms with van der Waals surface area (Å²) >= 11 is 0. The van der Waals surface area contributed by atoms with Crippen molar-refractivity contribution in [2.75, 3.05) is 58.3 Å². The van der Waals surface area contributed by atoms with Crippen LogP contribution in [-0.2, 0) is 14.4 Å². The van der Waals surface area contributed by atoms with E-state index in [1.807, 2.05) is 56.3 Å². The van der Waals surface area contributed by atoms with E-state index in [0.29, 0.717) is 36.7 Å². The first-order chi connectivity index (χ1) is 18.6. The quantitative estimate of drug-likeness (QED) is 0.310. The Morgan fingerprint density at radius 1 is 0.897 bits per heavy atom. The molecule has 1 fully saturated rings. The van der Waals surface area contributed by atoms with E-state index in [2.05, 4.69) is 15.1 Å². The lowest BCUT2D eigenvalue weighted by molar-refractivity contribution is -0.134. The summed E-state index contributed by atoms with van der Waals surface area (Å²) < 4.78 is 11.0. The van der Waals surface area contributed by atoms with Gasteiger partial charge in [-0.25, -0.2) is 9.59 Å². The molecule has 2 aromatic rings. The fourth-order valence-corrected chi connectivity index (χ4v) is 3.94. The number of carbonyl (C=O) groups is 3. The van der Waals surface area contributed by atoms with Gasteiger partial charge in [-0.2, -0.15) is 0 Å². The molecule has 1 amide bonds. The lowest BCUT2D eigenvalue weighted by Gasteiger charge is -2.35. The Kier molecular flexibility index (Phi) is 12.9. The predicted octanol–water partition coefficient (Wildman–Crippen LogP) is 2.02. The number of benzene rings is 2. The number of amides is 1. The number of carbonyl (C=O) groups excluding carboxylic acids is 1. The Balaban J connectivity index is 0.000000580. The summed E-state index contributed by atoms with van der Waals surface area (Å²) in [7, 11) is 1.60. The molecule has 11 heteroatoms. The van der Waals surface area contributed by atoms with Crippen molar-refractivity contribution < 1.29 is 39.2 Å². The maximum Gasteiger partial charge on any atom is 0.328 e. The molecule has 1 aliphatic rings. The first-order valence-corrected chi connectivity index (χ1v) is 12.5. The van der Waals surface area contributed by atoms with E-state index < -0.39 is 18.0 Å². The van der Waals surface area contributed by atoms with Crippen molar-refractivity contribution in [3.63, 3.8) is 0 Å². The molecular weight excluding hydrogens is 506 g/mol. The Morgan fingerprint density at radius 2 is 1.44 bits per heavy atom. The highest BCUT2D eigenvalue weighted by Gasteiger charge is 2.21. The van der Waals surface area contributed by atoms with E-state index in [9.17, 15) is 19.5 Å². The molecule has 0 radical (unpaired) electrons. The average Bonchev–Trinajstić information content (AvgIpc) is 2.90. The molecule has 1 atom stereocenters. The fraction of sp³-hybridized carbons (Fsp3) is 0.393. The van der Waals surface area contributed by atoms with Crippen molar-refractivity contribution in [1.82, 2.24) is 9.80 Å². The van der Waals surface area contributed by atoms with Crippen molar-refractivity contribution in [3.05, 3.63) is 65.7 Å². The highest BCUT2D eigenvalue weighted by molar-refractivity contribution is 5.93. The van der Waals surface area contributed by atoms with Crippen LogP contribution in [0.15, 0.2) is 54.6 Å². The molecule has 1 aliphatic heterocycles. The summed E-state index contributed by atoms with van der Waals surface area (Å²) in [6, 6.07) is 13.4. The third-order valence-electron chi connectivity index (χ3n) is 5.92.